The number of rotatable bonds is 7. The third-order valence-corrected chi connectivity index (χ3v) is 3.90. The summed E-state index contributed by atoms with van der Waals surface area (Å²) in [5.74, 6) is 0. The molecule has 118 valence electrons. The molecule has 0 aromatic carbocycles. The van der Waals surface area contributed by atoms with Crippen LogP contribution in [-0.4, -0.2) is 37.9 Å². The van der Waals surface area contributed by atoms with Gasteiger partial charge in [-0.15, -0.1) is 0 Å². The van der Waals surface area contributed by atoms with E-state index in [1.807, 2.05) is 48.9 Å². The molecule has 3 rings (SSSR count). The van der Waals surface area contributed by atoms with Crippen LogP contribution in [0, 0.1) is 0 Å². The van der Waals surface area contributed by atoms with Crippen molar-refractivity contribution in [1.82, 2.24) is 24.6 Å². The van der Waals surface area contributed by atoms with E-state index in [9.17, 15) is 4.79 Å². The summed E-state index contributed by atoms with van der Waals surface area (Å²) in [5, 5.41) is 7.21. The second kappa shape index (κ2) is 6.68. The minimum atomic E-state index is 0.0406. The van der Waals surface area contributed by atoms with Crippen LogP contribution < -0.4 is 5.32 Å². The Bertz CT molecular complexity index is 600. The standard InChI is InChI=1S/C16H23N5O/c1-19-12-14(11-18-19)13-21(15-5-6-15)16(22)17-7-4-10-20-8-2-3-9-20/h2-3,8-9,11-12,15H,4-7,10,13H2,1H3,(H,17,22). The zero-order valence-electron chi connectivity index (χ0n) is 13.0. The van der Waals surface area contributed by atoms with E-state index >= 15 is 0 Å². The topological polar surface area (TPSA) is 55.1 Å². The first-order valence-electron chi connectivity index (χ1n) is 7.85. The van der Waals surface area contributed by atoms with E-state index in [1.165, 1.54) is 0 Å². The second-order valence-corrected chi connectivity index (χ2v) is 5.89. The SMILES string of the molecule is Cn1cc(CN(C(=O)NCCCn2cccc2)C2CC2)cn1. The highest BCUT2D eigenvalue weighted by molar-refractivity contribution is 5.74. The molecule has 2 amide bonds. The molecule has 2 aromatic heterocycles. The molecule has 1 aliphatic rings. The smallest absolute Gasteiger partial charge is 0.317 e. The van der Waals surface area contributed by atoms with Crippen LogP contribution in [0.5, 0.6) is 0 Å². The summed E-state index contributed by atoms with van der Waals surface area (Å²) >= 11 is 0. The van der Waals surface area contributed by atoms with Gasteiger partial charge in [-0.3, -0.25) is 4.68 Å². The van der Waals surface area contributed by atoms with Crippen molar-refractivity contribution in [3.05, 3.63) is 42.5 Å². The molecule has 0 unspecified atom stereocenters. The Balaban J connectivity index is 1.45. The molecule has 0 aliphatic heterocycles. The number of nitrogens with zero attached hydrogens (tertiary/aromatic N) is 4. The number of nitrogens with one attached hydrogen (secondary N) is 1. The summed E-state index contributed by atoms with van der Waals surface area (Å²) in [6.45, 7) is 2.27. The number of hydrogen-bond acceptors (Lipinski definition) is 2. The number of amides is 2. The Morgan fingerprint density at radius 1 is 1.41 bits per heavy atom. The number of carbonyl (C=O) groups excluding carboxylic acids is 1. The third kappa shape index (κ3) is 3.90. The highest BCUT2D eigenvalue weighted by Crippen LogP contribution is 2.28. The van der Waals surface area contributed by atoms with E-state index in [1.54, 1.807) is 4.68 Å². The summed E-state index contributed by atoms with van der Waals surface area (Å²) in [6, 6.07) is 4.46. The van der Waals surface area contributed by atoms with Crippen LogP contribution >= 0.6 is 0 Å². The molecule has 2 heterocycles. The Hall–Kier alpha value is -2.24. The zero-order chi connectivity index (χ0) is 15.4. The lowest BCUT2D eigenvalue weighted by Crippen LogP contribution is -2.41. The van der Waals surface area contributed by atoms with E-state index in [4.69, 9.17) is 0 Å². The van der Waals surface area contributed by atoms with Crippen LogP contribution in [0.4, 0.5) is 4.79 Å². The molecule has 0 spiro atoms. The molecule has 6 heteroatoms. The van der Waals surface area contributed by atoms with Gasteiger partial charge in [0.25, 0.3) is 0 Å². The molecular weight excluding hydrogens is 278 g/mol. The van der Waals surface area contributed by atoms with Gasteiger partial charge in [0, 0.05) is 50.3 Å². The van der Waals surface area contributed by atoms with Gasteiger partial charge in [0.05, 0.1) is 12.7 Å². The van der Waals surface area contributed by atoms with Crippen molar-refractivity contribution in [2.75, 3.05) is 6.54 Å². The fourth-order valence-electron chi connectivity index (χ4n) is 2.58. The molecule has 1 N–H and O–H groups in total. The normalized spacial score (nSPS) is 14.0. The zero-order valence-corrected chi connectivity index (χ0v) is 13.0. The fraction of sp³-hybridized carbons (Fsp3) is 0.500. The first kappa shape index (κ1) is 14.7. The second-order valence-electron chi connectivity index (χ2n) is 5.89. The van der Waals surface area contributed by atoms with E-state index in [2.05, 4.69) is 15.0 Å². The van der Waals surface area contributed by atoms with E-state index in [-0.39, 0.29) is 6.03 Å². The summed E-state index contributed by atoms with van der Waals surface area (Å²) < 4.78 is 3.90. The molecule has 6 nitrogen and oxygen atoms in total. The Morgan fingerprint density at radius 3 is 2.82 bits per heavy atom. The molecule has 22 heavy (non-hydrogen) atoms. The first-order valence-corrected chi connectivity index (χ1v) is 7.85. The molecule has 1 saturated carbocycles. The summed E-state index contributed by atoms with van der Waals surface area (Å²) in [6.07, 6.45) is 11.0. The molecule has 0 atom stereocenters. The quantitative estimate of drug-likeness (QED) is 0.795. The van der Waals surface area contributed by atoms with Crippen molar-refractivity contribution in [3.8, 4) is 0 Å². The van der Waals surface area contributed by atoms with Crippen LogP contribution in [-0.2, 0) is 20.1 Å². The van der Waals surface area contributed by atoms with Crippen LogP contribution in [0.15, 0.2) is 36.9 Å². The van der Waals surface area contributed by atoms with E-state index < -0.39 is 0 Å². The highest BCUT2D eigenvalue weighted by atomic mass is 16.2. The molecule has 1 fully saturated rings. The Kier molecular flexibility index (Phi) is 4.46. The lowest BCUT2D eigenvalue weighted by molar-refractivity contribution is 0.191. The van der Waals surface area contributed by atoms with Crippen LogP contribution in [0.25, 0.3) is 0 Å². The fourth-order valence-corrected chi connectivity index (χ4v) is 2.58. The maximum atomic E-state index is 12.4. The van der Waals surface area contributed by atoms with Crippen molar-refractivity contribution in [1.29, 1.82) is 0 Å². The van der Waals surface area contributed by atoms with Gasteiger partial charge in [-0.1, -0.05) is 0 Å². The lowest BCUT2D eigenvalue weighted by atomic mass is 10.3. The van der Waals surface area contributed by atoms with Crippen molar-refractivity contribution in [2.45, 2.75) is 38.4 Å². The molecule has 0 radical (unpaired) electrons. The predicted octanol–water partition coefficient (Wildman–Crippen LogP) is 1.99. The maximum absolute atomic E-state index is 12.4. The van der Waals surface area contributed by atoms with Gasteiger partial charge in [-0.2, -0.15) is 5.10 Å². The first-order chi connectivity index (χ1) is 10.7. The summed E-state index contributed by atoms with van der Waals surface area (Å²) in [7, 11) is 1.90. The Labute approximate surface area is 130 Å². The molecule has 0 bridgehead atoms. The molecular formula is C16H23N5O. The van der Waals surface area contributed by atoms with Gasteiger partial charge in [0.1, 0.15) is 0 Å². The Morgan fingerprint density at radius 2 is 2.18 bits per heavy atom. The minimum absolute atomic E-state index is 0.0406. The molecule has 2 aromatic rings. The number of carbonyl (C=O) groups is 1. The van der Waals surface area contributed by atoms with Gasteiger partial charge in [-0.25, -0.2) is 4.79 Å². The van der Waals surface area contributed by atoms with Gasteiger partial charge in [0.2, 0.25) is 0 Å². The highest BCUT2D eigenvalue weighted by Gasteiger charge is 2.32. The van der Waals surface area contributed by atoms with Crippen molar-refractivity contribution in [3.63, 3.8) is 0 Å². The maximum Gasteiger partial charge on any atom is 0.317 e. The number of urea groups is 1. The molecule has 1 aliphatic carbocycles. The minimum Gasteiger partial charge on any atom is -0.354 e. The van der Waals surface area contributed by atoms with Crippen molar-refractivity contribution in [2.24, 2.45) is 7.05 Å². The van der Waals surface area contributed by atoms with Crippen molar-refractivity contribution >= 4 is 6.03 Å². The monoisotopic (exact) mass is 301 g/mol. The van der Waals surface area contributed by atoms with Gasteiger partial charge in [-0.05, 0) is 31.4 Å². The van der Waals surface area contributed by atoms with Gasteiger partial charge in [0.15, 0.2) is 0 Å². The number of aromatic nitrogens is 3. The van der Waals surface area contributed by atoms with Crippen molar-refractivity contribution < 1.29 is 4.79 Å². The predicted molar refractivity (Wildman–Crippen MR) is 84.2 cm³/mol. The van der Waals surface area contributed by atoms with Gasteiger partial charge < -0.3 is 14.8 Å². The lowest BCUT2D eigenvalue weighted by Gasteiger charge is -2.22. The van der Waals surface area contributed by atoms with E-state index in [0.717, 1.165) is 31.4 Å². The third-order valence-electron chi connectivity index (χ3n) is 3.90. The van der Waals surface area contributed by atoms with Crippen LogP contribution in [0.3, 0.4) is 0 Å². The largest absolute Gasteiger partial charge is 0.354 e. The molecule has 0 saturated heterocycles. The summed E-state index contributed by atoms with van der Waals surface area (Å²) in [4.78, 5) is 14.3. The number of aryl methyl sites for hydroxylation is 2. The van der Waals surface area contributed by atoms with Crippen LogP contribution in [0.2, 0.25) is 0 Å². The summed E-state index contributed by atoms with van der Waals surface area (Å²) in [5.41, 5.74) is 1.08. The average molecular weight is 301 g/mol. The average Bonchev–Trinajstić information content (AvgIpc) is 3.04. The van der Waals surface area contributed by atoms with Crippen LogP contribution in [0.1, 0.15) is 24.8 Å². The van der Waals surface area contributed by atoms with E-state index in [0.29, 0.717) is 19.1 Å². The van der Waals surface area contributed by atoms with Gasteiger partial charge >= 0.3 is 6.03 Å². The number of hydrogen-bond donors (Lipinski definition) is 1.